The smallest absolute Gasteiger partial charge is 0.244 e. The Morgan fingerprint density at radius 1 is 1.00 bits per heavy atom. The number of carbonyl (C=O) groups is 2. The number of sulfonamides is 1. The molecule has 2 unspecified atom stereocenters. The monoisotopic (exact) mass is 469 g/mol. The maximum absolute atomic E-state index is 13.2. The fourth-order valence-corrected chi connectivity index (χ4v) is 6.32. The largest absolute Gasteiger partial charge is 0.348 e. The van der Waals surface area contributed by atoms with Gasteiger partial charge in [0, 0.05) is 32.1 Å². The van der Waals surface area contributed by atoms with Crippen LogP contribution in [-0.4, -0.2) is 43.7 Å². The molecular formula is C25H31N3O4S. The number of benzene rings is 2. The van der Waals surface area contributed by atoms with Crippen LogP contribution in [0.4, 0.5) is 5.69 Å². The molecule has 33 heavy (non-hydrogen) atoms. The third-order valence-electron chi connectivity index (χ3n) is 6.54. The first-order chi connectivity index (χ1) is 15.8. The first kappa shape index (κ1) is 23.4. The molecule has 0 spiro atoms. The van der Waals surface area contributed by atoms with Gasteiger partial charge in [0.1, 0.15) is 6.04 Å². The lowest BCUT2D eigenvalue weighted by molar-refractivity contribution is -0.126. The first-order valence-electron chi connectivity index (χ1n) is 11.6. The van der Waals surface area contributed by atoms with Crippen LogP contribution in [-0.2, 0) is 26.0 Å². The summed E-state index contributed by atoms with van der Waals surface area (Å²) in [5, 5.41) is 3.00. The lowest BCUT2D eigenvalue weighted by Crippen LogP contribution is -2.47. The molecule has 2 atom stereocenters. The van der Waals surface area contributed by atoms with Crippen molar-refractivity contribution in [2.75, 3.05) is 18.0 Å². The van der Waals surface area contributed by atoms with Crippen molar-refractivity contribution in [2.45, 2.75) is 62.9 Å². The van der Waals surface area contributed by atoms with Gasteiger partial charge in [-0.25, -0.2) is 8.42 Å². The Balaban J connectivity index is 1.57. The van der Waals surface area contributed by atoms with Crippen molar-refractivity contribution in [2.24, 2.45) is 0 Å². The van der Waals surface area contributed by atoms with Crippen LogP contribution in [0.15, 0.2) is 53.4 Å². The van der Waals surface area contributed by atoms with Crippen LogP contribution < -0.4 is 10.2 Å². The van der Waals surface area contributed by atoms with Gasteiger partial charge in [-0.1, -0.05) is 43.2 Å². The normalized spacial score (nSPS) is 20.1. The molecule has 0 aromatic heterocycles. The Morgan fingerprint density at radius 2 is 1.67 bits per heavy atom. The van der Waals surface area contributed by atoms with Gasteiger partial charge in [0.05, 0.1) is 10.9 Å². The highest BCUT2D eigenvalue weighted by Crippen LogP contribution is 2.35. The minimum atomic E-state index is -3.61. The summed E-state index contributed by atoms with van der Waals surface area (Å²) < 4.78 is 28.0. The number of fused-ring (bicyclic) bond motifs is 1. The average molecular weight is 470 g/mol. The summed E-state index contributed by atoms with van der Waals surface area (Å²) >= 11 is 0. The van der Waals surface area contributed by atoms with Crippen molar-refractivity contribution in [3.8, 4) is 0 Å². The third-order valence-corrected chi connectivity index (χ3v) is 8.43. The van der Waals surface area contributed by atoms with E-state index in [1.54, 1.807) is 22.5 Å². The zero-order chi connectivity index (χ0) is 23.6. The summed E-state index contributed by atoms with van der Waals surface area (Å²) in [4.78, 5) is 27.3. The molecule has 2 amide bonds. The van der Waals surface area contributed by atoms with Crippen molar-refractivity contribution < 1.29 is 18.0 Å². The summed E-state index contributed by atoms with van der Waals surface area (Å²) in [7, 11) is -3.61. The highest BCUT2D eigenvalue weighted by molar-refractivity contribution is 7.89. The van der Waals surface area contributed by atoms with Gasteiger partial charge in [-0.3, -0.25) is 14.5 Å². The van der Waals surface area contributed by atoms with E-state index in [0.29, 0.717) is 24.3 Å². The standard InChI is InChI=1S/C25H31N3O4S/c1-18(20-10-6-5-7-11-20)26-25(30)24-17-21-16-22(12-13-23(21)28(24)19(2)29)33(31,32)27-14-8-3-4-9-15-27/h5-7,10-13,16,18,24H,3-4,8-9,14-15,17H2,1-2H3,(H,26,30). The number of carbonyl (C=O) groups excluding carboxylic acids is 2. The maximum atomic E-state index is 13.2. The van der Waals surface area contributed by atoms with Crippen molar-refractivity contribution in [1.29, 1.82) is 0 Å². The average Bonchev–Trinajstić information content (AvgIpc) is 2.97. The number of amides is 2. The fourth-order valence-electron chi connectivity index (χ4n) is 4.75. The summed E-state index contributed by atoms with van der Waals surface area (Å²) in [6.07, 6.45) is 4.10. The molecule has 176 valence electrons. The molecule has 0 bridgehead atoms. The Hall–Kier alpha value is -2.71. The number of nitrogens with one attached hydrogen (secondary N) is 1. The van der Waals surface area contributed by atoms with Gasteiger partial charge < -0.3 is 5.32 Å². The van der Waals surface area contributed by atoms with Gasteiger partial charge in [-0.15, -0.1) is 0 Å². The van der Waals surface area contributed by atoms with Crippen molar-refractivity contribution in [3.05, 3.63) is 59.7 Å². The number of hydrogen-bond acceptors (Lipinski definition) is 4. The predicted octanol–water partition coefficient (Wildman–Crippen LogP) is 3.41. The van der Waals surface area contributed by atoms with E-state index in [1.165, 1.54) is 11.8 Å². The molecule has 2 aliphatic heterocycles. The molecule has 2 aliphatic rings. The van der Waals surface area contributed by atoms with E-state index >= 15 is 0 Å². The number of rotatable bonds is 5. The molecule has 4 rings (SSSR count). The van der Waals surface area contributed by atoms with Crippen molar-refractivity contribution >= 4 is 27.5 Å². The van der Waals surface area contributed by atoms with Gasteiger partial charge in [0.2, 0.25) is 21.8 Å². The van der Waals surface area contributed by atoms with Crippen LogP contribution in [0.25, 0.3) is 0 Å². The van der Waals surface area contributed by atoms with Gasteiger partial charge in [0.25, 0.3) is 0 Å². The van der Waals surface area contributed by atoms with Crippen LogP contribution in [0.5, 0.6) is 0 Å². The Labute approximate surface area is 195 Å². The molecule has 0 saturated carbocycles. The second-order valence-electron chi connectivity index (χ2n) is 8.86. The SMILES string of the molecule is CC(=O)N1c2ccc(S(=O)(=O)N3CCCCCC3)cc2CC1C(=O)NC(C)c1ccccc1. The molecule has 8 heteroatoms. The molecule has 2 heterocycles. The molecule has 7 nitrogen and oxygen atoms in total. The van der Waals surface area contributed by atoms with E-state index < -0.39 is 16.1 Å². The fraction of sp³-hybridized carbons (Fsp3) is 0.440. The van der Waals surface area contributed by atoms with E-state index in [4.69, 9.17) is 0 Å². The van der Waals surface area contributed by atoms with Gasteiger partial charge in [0.15, 0.2) is 0 Å². The maximum Gasteiger partial charge on any atom is 0.244 e. The summed E-state index contributed by atoms with van der Waals surface area (Å²) in [5.74, 6) is -0.501. The van der Waals surface area contributed by atoms with E-state index in [-0.39, 0.29) is 29.2 Å². The molecule has 2 aromatic carbocycles. The topological polar surface area (TPSA) is 86.8 Å². The molecule has 2 aromatic rings. The van der Waals surface area contributed by atoms with Gasteiger partial charge in [-0.2, -0.15) is 4.31 Å². The van der Waals surface area contributed by atoms with Crippen LogP contribution >= 0.6 is 0 Å². The second-order valence-corrected chi connectivity index (χ2v) is 10.8. The minimum absolute atomic E-state index is 0.213. The second kappa shape index (κ2) is 9.65. The Bertz CT molecular complexity index is 1130. The van der Waals surface area contributed by atoms with E-state index in [1.807, 2.05) is 37.3 Å². The first-order valence-corrected chi connectivity index (χ1v) is 13.0. The quantitative estimate of drug-likeness (QED) is 0.727. The van der Waals surface area contributed by atoms with Crippen LogP contribution in [0.3, 0.4) is 0 Å². The number of nitrogens with zero attached hydrogens (tertiary/aromatic N) is 2. The zero-order valence-corrected chi connectivity index (χ0v) is 20.0. The number of anilines is 1. The van der Waals surface area contributed by atoms with Crippen LogP contribution in [0.2, 0.25) is 0 Å². The van der Waals surface area contributed by atoms with Gasteiger partial charge >= 0.3 is 0 Å². The van der Waals surface area contributed by atoms with Crippen molar-refractivity contribution in [3.63, 3.8) is 0 Å². The third kappa shape index (κ3) is 4.82. The molecule has 1 fully saturated rings. The van der Waals surface area contributed by atoms with E-state index in [2.05, 4.69) is 5.32 Å². The van der Waals surface area contributed by atoms with E-state index in [0.717, 1.165) is 31.2 Å². The number of hydrogen-bond donors (Lipinski definition) is 1. The minimum Gasteiger partial charge on any atom is -0.348 e. The lowest BCUT2D eigenvalue weighted by Gasteiger charge is -2.25. The Morgan fingerprint density at radius 3 is 2.30 bits per heavy atom. The van der Waals surface area contributed by atoms with Crippen LogP contribution in [0, 0.1) is 0 Å². The van der Waals surface area contributed by atoms with Crippen molar-refractivity contribution in [1.82, 2.24) is 9.62 Å². The summed E-state index contributed by atoms with van der Waals surface area (Å²) in [6, 6.07) is 13.6. The molecule has 0 aliphatic carbocycles. The van der Waals surface area contributed by atoms with Crippen LogP contribution in [0.1, 0.15) is 56.7 Å². The lowest BCUT2D eigenvalue weighted by atomic mass is 10.1. The predicted molar refractivity (Wildman–Crippen MR) is 127 cm³/mol. The highest BCUT2D eigenvalue weighted by Gasteiger charge is 2.38. The molecular weight excluding hydrogens is 438 g/mol. The van der Waals surface area contributed by atoms with E-state index in [9.17, 15) is 18.0 Å². The molecule has 1 N–H and O–H groups in total. The zero-order valence-electron chi connectivity index (χ0n) is 19.2. The molecule has 1 saturated heterocycles. The molecule has 0 radical (unpaired) electrons. The highest BCUT2D eigenvalue weighted by atomic mass is 32.2. The Kier molecular flexibility index (Phi) is 6.86. The summed E-state index contributed by atoms with van der Waals surface area (Å²) in [6.45, 7) is 4.39. The summed E-state index contributed by atoms with van der Waals surface area (Å²) in [5.41, 5.74) is 2.28. The van der Waals surface area contributed by atoms with Gasteiger partial charge in [-0.05, 0) is 49.1 Å².